The quantitative estimate of drug-likeness (QED) is 0.665. The van der Waals surface area contributed by atoms with Gasteiger partial charge in [-0.25, -0.2) is 0 Å². The first-order chi connectivity index (χ1) is 6.74. The molecule has 0 N–H and O–H groups in total. The van der Waals surface area contributed by atoms with Crippen LogP contribution in [0.2, 0.25) is 0 Å². The van der Waals surface area contributed by atoms with Crippen LogP contribution in [-0.4, -0.2) is 30.8 Å². The summed E-state index contributed by atoms with van der Waals surface area (Å²) in [4.78, 5) is 13.7. The van der Waals surface area contributed by atoms with Crippen molar-refractivity contribution in [3.63, 3.8) is 0 Å². The number of Topliss-reactive ketones (excluding diaryl/α,β-unsaturated/α-hetero) is 1. The van der Waals surface area contributed by atoms with E-state index in [1.165, 1.54) is 0 Å². The fraction of sp³-hybridized carbons (Fsp3) is 0.417. The van der Waals surface area contributed by atoms with Gasteiger partial charge in [0.15, 0.2) is 5.78 Å². The molecule has 0 fully saturated rings. The summed E-state index contributed by atoms with van der Waals surface area (Å²) in [5.41, 5.74) is 0.801. The molecular formula is C12H17NO. The van der Waals surface area contributed by atoms with Crippen molar-refractivity contribution in [3.05, 3.63) is 35.9 Å². The van der Waals surface area contributed by atoms with E-state index >= 15 is 0 Å². The van der Waals surface area contributed by atoms with Gasteiger partial charge in [0.25, 0.3) is 0 Å². The Hall–Kier alpha value is -1.15. The average Bonchev–Trinajstić information content (AvgIpc) is 2.19. The summed E-state index contributed by atoms with van der Waals surface area (Å²) >= 11 is 0. The van der Waals surface area contributed by atoms with Crippen LogP contribution >= 0.6 is 0 Å². The summed E-state index contributed by atoms with van der Waals surface area (Å²) in [5.74, 6) is 0.196. The molecule has 0 bridgehead atoms. The zero-order valence-corrected chi connectivity index (χ0v) is 8.86. The van der Waals surface area contributed by atoms with Gasteiger partial charge in [0.1, 0.15) is 0 Å². The van der Waals surface area contributed by atoms with Gasteiger partial charge in [0.05, 0.1) is 6.54 Å². The molecule has 2 nitrogen and oxygen atoms in total. The van der Waals surface area contributed by atoms with Gasteiger partial charge in [-0.1, -0.05) is 37.3 Å². The van der Waals surface area contributed by atoms with E-state index < -0.39 is 0 Å². The molecule has 0 heterocycles. The lowest BCUT2D eigenvalue weighted by Gasteiger charge is -2.13. The van der Waals surface area contributed by atoms with Gasteiger partial charge < -0.3 is 0 Å². The monoisotopic (exact) mass is 191 g/mol. The molecule has 2 heteroatoms. The van der Waals surface area contributed by atoms with E-state index in [0.29, 0.717) is 6.54 Å². The van der Waals surface area contributed by atoms with Gasteiger partial charge in [-0.2, -0.15) is 0 Å². The molecule has 76 valence electrons. The number of rotatable bonds is 5. The number of hydrogen-bond acceptors (Lipinski definition) is 2. The predicted molar refractivity (Wildman–Crippen MR) is 58.6 cm³/mol. The Morgan fingerprint density at radius 2 is 1.93 bits per heavy atom. The molecule has 0 aliphatic rings. The molecule has 1 rings (SSSR count). The van der Waals surface area contributed by atoms with E-state index in [0.717, 1.165) is 18.5 Å². The molecule has 0 amide bonds. The summed E-state index contributed by atoms with van der Waals surface area (Å²) in [6, 6.07) is 9.44. The molecule has 0 aliphatic carbocycles. The number of hydrogen-bond donors (Lipinski definition) is 0. The lowest BCUT2D eigenvalue weighted by Crippen LogP contribution is -2.26. The maximum atomic E-state index is 11.7. The SMILES string of the molecule is CCCN(C)CC(=O)c1ccccc1. The summed E-state index contributed by atoms with van der Waals surface area (Å²) in [5, 5.41) is 0. The smallest absolute Gasteiger partial charge is 0.176 e. The highest BCUT2D eigenvalue weighted by molar-refractivity contribution is 5.97. The maximum Gasteiger partial charge on any atom is 0.176 e. The Balaban J connectivity index is 2.51. The minimum Gasteiger partial charge on any atom is -0.299 e. The van der Waals surface area contributed by atoms with Crippen molar-refractivity contribution in [3.8, 4) is 0 Å². The van der Waals surface area contributed by atoms with Crippen LogP contribution in [0.4, 0.5) is 0 Å². The number of benzene rings is 1. The van der Waals surface area contributed by atoms with Crippen LogP contribution in [0.3, 0.4) is 0 Å². The molecule has 0 saturated carbocycles. The van der Waals surface area contributed by atoms with E-state index in [2.05, 4.69) is 11.8 Å². The lowest BCUT2D eigenvalue weighted by molar-refractivity contribution is 0.0946. The van der Waals surface area contributed by atoms with Crippen LogP contribution in [0, 0.1) is 0 Å². The van der Waals surface area contributed by atoms with E-state index in [1.54, 1.807) is 0 Å². The summed E-state index contributed by atoms with van der Waals surface area (Å²) in [6.07, 6.45) is 1.08. The second-order valence-electron chi connectivity index (χ2n) is 3.53. The number of carbonyl (C=O) groups is 1. The molecule has 0 saturated heterocycles. The van der Waals surface area contributed by atoms with Gasteiger partial charge in [-0.3, -0.25) is 9.69 Å². The third-order valence-corrected chi connectivity index (χ3v) is 2.11. The van der Waals surface area contributed by atoms with Crippen molar-refractivity contribution in [2.75, 3.05) is 20.1 Å². The van der Waals surface area contributed by atoms with Gasteiger partial charge in [-0.05, 0) is 20.0 Å². The Morgan fingerprint density at radius 1 is 1.29 bits per heavy atom. The Kier molecular flexibility index (Phi) is 4.33. The fourth-order valence-electron chi connectivity index (χ4n) is 1.42. The van der Waals surface area contributed by atoms with Crippen molar-refractivity contribution < 1.29 is 4.79 Å². The van der Waals surface area contributed by atoms with Crippen LogP contribution in [0.1, 0.15) is 23.7 Å². The third-order valence-electron chi connectivity index (χ3n) is 2.11. The first-order valence-electron chi connectivity index (χ1n) is 5.01. The van der Waals surface area contributed by atoms with E-state index in [-0.39, 0.29) is 5.78 Å². The summed E-state index contributed by atoms with van der Waals surface area (Å²) in [7, 11) is 1.98. The average molecular weight is 191 g/mol. The van der Waals surface area contributed by atoms with Crippen molar-refractivity contribution in [1.29, 1.82) is 0 Å². The van der Waals surface area contributed by atoms with Crippen LogP contribution in [0.25, 0.3) is 0 Å². The highest BCUT2D eigenvalue weighted by Gasteiger charge is 2.07. The molecule has 1 aromatic rings. The molecule has 0 unspecified atom stereocenters. The van der Waals surface area contributed by atoms with Gasteiger partial charge in [0, 0.05) is 5.56 Å². The topological polar surface area (TPSA) is 20.3 Å². The predicted octanol–water partition coefficient (Wildman–Crippen LogP) is 2.21. The highest BCUT2D eigenvalue weighted by atomic mass is 16.1. The normalized spacial score (nSPS) is 10.5. The molecule has 0 atom stereocenters. The van der Waals surface area contributed by atoms with Crippen LogP contribution < -0.4 is 0 Å². The van der Waals surface area contributed by atoms with E-state index in [4.69, 9.17) is 0 Å². The first-order valence-corrected chi connectivity index (χ1v) is 5.01. The Labute approximate surface area is 85.5 Å². The van der Waals surface area contributed by atoms with Crippen molar-refractivity contribution in [1.82, 2.24) is 4.90 Å². The molecule has 0 aromatic heterocycles. The second kappa shape index (κ2) is 5.55. The number of ketones is 1. The van der Waals surface area contributed by atoms with Crippen molar-refractivity contribution in [2.24, 2.45) is 0 Å². The first kappa shape index (κ1) is 10.9. The largest absolute Gasteiger partial charge is 0.299 e. The minimum atomic E-state index is 0.196. The summed E-state index contributed by atoms with van der Waals surface area (Å²) in [6.45, 7) is 3.60. The Morgan fingerprint density at radius 3 is 2.50 bits per heavy atom. The van der Waals surface area contributed by atoms with Crippen LogP contribution in [-0.2, 0) is 0 Å². The minimum absolute atomic E-state index is 0.196. The highest BCUT2D eigenvalue weighted by Crippen LogP contribution is 2.01. The second-order valence-corrected chi connectivity index (χ2v) is 3.53. The third kappa shape index (κ3) is 3.30. The molecule has 0 aliphatic heterocycles. The van der Waals surface area contributed by atoms with Gasteiger partial charge in [-0.15, -0.1) is 0 Å². The van der Waals surface area contributed by atoms with Crippen LogP contribution in [0.5, 0.6) is 0 Å². The molecule has 14 heavy (non-hydrogen) atoms. The van der Waals surface area contributed by atoms with E-state index in [9.17, 15) is 4.79 Å². The number of carbonyl (C=O) groups excluding carboxylic acids is 1. The zero-order chi connectivity index (χ0) is 10.4. The molecule has 0 radical (unpaired) electrons. The van der Waals surface area contributed by atoms with Crippen molar-refractivity contribution >= 4 is 5.78 Å². The number of likely N-dealkylation sites (N-methyl/N-ethyl adjacent to an activating group) is 1. The van der Waals surface area contributed by atoms with Gasteiger partial charge in [0.2, 0.25) is 0 Å². The molecule has 1 aromatic carbocycles. The maximum absolute atomic E-state index is 11.7. The molecule has 0 spiro atoms. The Bertz CT molecular complexity index is 282. The summed E-state index contributed by atoms with van der Waals surface area (Å²) < 4.78 is 0. The standard InChI is InChI=1S/C12H17NO/c1-3-9-13(2)10-12(14)11-7-5-4-6-8-11/h4-8H,3,9-10H2,1-2H3. The fourth-order valence-corrected chi connectivity index (χ4v) is 1.42. The zero-order valence-electron chi connectivity index (χ0n) is 8.86. The lowest BCUT2D eigenvalue weighted by atomic mass is 10.1. The van der Waals surface area contributed by atoms with Crippen LogP contribution in [0.15, 0.2) is 30.3 Å². The number of nitrogens with zero attached hydrogens (tertiary/aromatic N) is 1. The van der Waals surface area contributed by atoms with Gasteiger partial charge >= 0.3 is 0 Å². The molecular weight excluding hydrogens is 174 g/mol. The van der Waals surface area contributed by atoms with E-state index in [1.807, 2.05) is 37.4 Å². The van der Waals surface area contributed by atoms with Crippen molar-refractivity contribution in [2.45, 2.75) is 13.3 Å².